The summed E-state index contributed by atoms with van der Waals surface area (Å²) in [6.45, 7) is 7.54. The topological polar surface area (TPSA) is 40.6 Å². The Balaban J connectivity index is 2.19. The van der Waals surface area contributed by atoms with Crippen molar-refractivity contribution in [1.82, 2.24) is 9.80 Å². The summed E-state index contributed by atoms with van der Waals surface area (Å²) in [5, 5.41) is 0. The molecular weight excluding hydrogens is 427 g/mol. The number of nitrogens with zero attached hydrogens (tertiary/aromatic N) is 2. The third-order valence-electron chi connectivity index (χ3n) is 4.77. The smallest absolute Gasteiger partial charge is 0.256 e. The van der Waals surface area contributed by atoms with Gasteiger partial charge in [0.15, 0.2) is 4.84 Å². The van der Waals surface area contributed by atoms with Gasteiger partial charge in [0.2, 0.25) is 5.91 Å². The Morgan fingerprint density at radius 3 is 2.28 bits per heavy atom. The summed E-state index contributed by atoms with van der Waals surface area (Å²) in [7, 11) is 0. The van der Waals surface area contributed by atoms with Crippen LogP contribution in [-0.4, -0.2) is 39.5 Å². The quantitative estimate of drug-likeness (QED) is 0.459. The Kier molecular flexibility index (Phi) is 9.47. The van der Waals surface area contributed by atoms with Gasteiger partial charge in [0.25, 0.3) is 5.91 Å². The lowest BCUT2D eigenvalue weighted by Gasteiger charge is -2.29. The van der Waals surface area contributed by atoms with E-state index in [0.29, 0.717) is 19.6 Å². The number of amides is 2. The van der Waals surface area contributed by atoms with E-state index in [4.69, 9.17) is 23.2 Å². The lowest BCUT2D eigenvalue weighted by molar-refractivity contribution is -0.140. The van der Waals surface area contributed by atoms with Crippen molar-refractivity contribution in [2.45, 2.75) is 45.1 Å². The predicted octanol–water partition coefficient (Wildman–Crippen LogP) is 5.26. The second-order valence-corrected chi connectivity index (χ2v) is 9.75. The largest absolute Gasteiger partial charge is 0.332 e. The molecule has 2 aromatic rings. The lowest BCUT2D eigenvalue weighted by Crippen LogP contribution is -2.45. The van der Waals surface area contributed by atoms with Crippen LogP contribution in [0.2, 0.25) is 0 Å². The van der Waals surface area contributed by atoms with Crippen LogP contribution in [0.5, 0.6) is 0 Å². The number of thiophene rings is 1. The number of aryl methyl sites for hydroxylation is 1. The number of carbonyl (C=O) groups excluding carboxylic acids is 2. The Morgan fingerprint density at radius 1 is 1.03 bits per heavy atom. The SMILES string of the molecule is CCC(C)CN(CC(=O)N(Cc1ccccc1)Cc1ccc(C)s1)C(=O)C(Cl)Cl. The highest BCUT2D eigenvalue weighted by Gasteiger charge is 2.26. The Bertz CT molecular complexity index is 795. The number of hydrogen-bond acceptors (Lipinski definition) is 3. The molecule has 0 saturated carbocycles. The van der Waals surface area contributed by atoms with Crippen LogP contribution < -0.4 is 0 Å². The van der Waals surface area contributed by atoms with Crippen LogP contribution in [0.15, 0.2) is 42.5 Å². The van der Waals surface area contributed by atoms with Gasteiger partial charge in [-0.25, -0.2) is 0 Å². The van der Waals surface area contributed by atoms with Gasteiger partial charge in [-0.2, -0.15) is 0 Å². The first kappa shape index (κ1) is 23.7. The minimum Gasteiger partial charge on any atom is -0.332 e. The molecule has 4 nitrogen and oxygen atoms in total. The number of rotatable bonds is 10. The average Bonchev–Trinajstić information content (AvgIpc) is 3.11. The van der Waals surface area contributed by atoms with Gasteiger partial charge in [-0.3, -0.25) is 9.59 Å². The Hall–Kier alpha value is -1.56. The van der Waals surface area contributed by atoms with E-state index < -0.39 is 10.7 Å². The summed E-state index contributed by atoms with van der Waals surface area (Å²) in [6, 6.07) is 13.9. The molecule has 1 aromatic carbocycles. The third-order valence-corrected chi connectivity index (χ3v) is 6.12. The molecule has 0 bridgehead atoms. The zero-order valence-electron chi connectivity index (χ0n) is 17.1. The molecule has 0 aliphatic carbocycles. The van der Waals surface area contributed by atoms with E-state index in [1.165, 1.54) is 9.78 Å². The van der Waals surface area contributed by atoms with Crippen molar-refractivity contribution in [3.8, 4) is 0 Å². The van der Waals surface area contributed by atoms with Crippen molar-refractivity contribution in [2.75, 3.05) is 13.1 Å². The van der Waals surface area contributed by atoms with Crippen LogP contribution in [0.4, 0.5) is 0 Å². The van der Waals surface area contributed by atoms with Gasteiger partial charge in [0.1, 0.15) is 0 Å². The van der Waals surface area contributed by atoms with E-state index in [2.05, 4.69) is 13.0 Å². The van der Waals surface area contributed by atoms with Crippen LogP contribution in [-0.2, 0) is 22.7 Å². The van der Waals surface area contributed by atoms with Gasteiger partial charge in [-0.05, 0) is 30.5 Å². The van der Waals surface area contributed by atoms with Gasteiger partial charge < -0.3 is 9.80 Å². The molecular formula is C22H28Cl2N2O2S. The summed E-state index contributed by atoms with van der Waals surface area (Å²) in [5.74, 6) is -0.291. The van der Waals surface area contributed by atoms with Crippen LogP contribution >= 0.6 is 34.5 Å². The second-order valence-electron chi connectivity index (χ2n) is 7.28. The van der Waals surface area contributed by atoms with E-state index in [0.717, 1.165) is 16.9 Å². The van der Waals surface area contributed by atoms with E-state index in [1.54, 1.807) is 16.2 Å². The molecule has 1 aromatic heterocycles. The molecule has 0 saturated heterocycles. The molecule has 1 heterocycles. The summed E-state index contributed by atoms with van der Waals surface area (Å²) < 4.78 is 0. The summed E-state index contributed by atoms with van der Waals surface area (Å²) in [5.41, 5.74) is 1.04. The number of benzene rings is 1. The average molecular weight is 455 g/mol. The molecule has 1 unspecified atom stereocenters. The molecule has 0 radical (unpaired) electrons. The van der Waals surface area contributed by atoms with E-state index in [1.807, 2.05) is 50.2 Å². The maximum atomic E-state index is 13.2. The zero-order chi connectivity index (χ0) is 21.4. The molecule has 1 atom stereocenters. The molecule has 2 amide bonds. The van der Waals surface area contributed by atoms with E-state index >= 15 is 0 Å². The number of halogens is 2. The Morgan fingerprint density at radius 2 is 1.72 bits per heavy atom. The highest BCUT2D eigenvalue weighted by Crippen LogP contribution is 2.19. The van der Waals surface area contributed by atoms with Crippen LogP contribution in [0.3, 0.4) is 0 Å². The predicted molar refractivity (Wildman–Crippen MR) is 121 cm³/mol. The number of carbonyl (C=O) groups is 2. The molecule has 2 rings (SSSR count). The summed E-state index contributed by atoms with van der Waals surface area (Å²) in [6.07, 6.45) is 0.898. The van der Waals surface area contributed by atoms with Crippen molar-refractivity contribution < 1.29 is 9.59 Å². The van der Waals surface area contributed by atoms with Gasteiger partial charge in [-0.1, -0.05) is 73.8 Å². The van der Waals surface area contributed by atoms with Gasteiger partial charge >= 0.3 is 0 Å². The number of hydrogen-bond donors (Lipinski definition) is 0. The fraction of sp³-hybridized carbons (Fsp3) is 0.455. The monoisotopic (exact) mass is 454 g/mol. The summed E-state index contributed by atoms with van der Waals surface area (Å²) >= 11 is 13.3. The normalized spacial score (nSPS) is 12.1. The van der Waals surface area contributed by atoms with Crippen LogP contribution in [0, 0.1) is 12.8 Å². The molecule has 0 N–H and O–H groups in total. The molecule has 29 heavy (non-hydrogen) atoms. The standard InChI is InChI=1S/C22H28Cl2N2O2S/c1-4-16(2)12-26(22(28)21(23)24)15-20(27)25(13-18-8-6-5-7-9-18)14-19-11-10-17(3)29-19/h5-11,16,21H,4,12-15H2,1-3H3. The molecule has 7 heteroatoms. The molecule has 0 fully saturated rings. The third kappa shape index (κ3) is 7.65. The van der Waals surface area contributed by atoms with Crippen molar-refractivity contribution in [1.29, 1.82) is 0 Å². The lowest BCUT2D eigenvalue weighted by atomic mass is 10.1. The maximum Gasteiger partial charge on any atom is 0.256 e. The maximum absolute atomic E-state index is 13.2. The second kappa shape index (κ2) is 11.6. The molecule has 158 valence electrons. The van der Waals surface area contributed by atoms with Crippen molar-refractivity contribution in [3.05, 3.63) is 57.8 Å². The van der Waals surface area contributed by atoms with Crippen LogP contribution in [0.1, 0.15) is 35.6 Å². The van der Waals surface area contributed by atoms with Gasteiger partial charge in [0.05, 0.1) is 13.1 Å². The number of alkyl halides is 2. The van der Waals surface area contributed by atoms with Crippen LogP contribution in [0.25, 0.3) is 0 Å². The Labute approximate surface area is 187 Å². The van der Waals surface area contributed by atoms with Crippen molar-refractivity contribution in [2.24, 2.45) is 5.92 Å². The minimum atomic E-state index is -1.17. The molecule has 0 spiro atoms. The first-order valence-electron chi connectivity index (χ1n) is 9.74. The first-order valence-corrected chi connectivity index (χ1v) is 11.4. The first-order chi connectivity index (χ1) is 13.8. The summed E-state index contributed by atoms with van der Waals surface area (Å²) in [4.78, 5) is 30.1. The fourth-order valence-corrected chi connectivity index (χ4v) is 4.12. The highest BCUT2D eigenvalue weighted by molar-refractivity contribution is 7.11. The highest BCUT2D eigenvalue weighted by atomic mass is 35.5. The van der Waals surface area contributed by atoms with E-state index in [-0.39, 0.29) is 18.4 Å². The van der Waals surface area contributed by atoms with Gasteiger partial charge in [0, 0.05) is 22.8 Å². The van der Waals surface area contributed by atoms with E-state index in [9.17, 15) is 9.59 Å². The molecule has 0 aliphatic rings. The van der Waals surface area contributed by atoms with Crippen molar-refractivity contribution in [3.63, 3.8) is 0 Å². The fourth-order valence-electron chi connectivity index (χ4n) is 2.93. The minimum absolute atomic E-state index is 0.0314. The van der Waals surface area contributed by atoms with Gasteiger partial charge in [-0.15, -0.1) is 11.3 Å². The molecule has 0 aliphatic heterocycles. The van der Waals surface area contributed by atoms with Crippen molar-refractivity contribution >= 4 is 46.4 Å². The zero-order valence-corrected chi connectivity index (χ0v) is 19.4.